The van der Waals surface area contributed by atoms with Crippen LogP contribution in [0.2, 0.25) is 0 Å². The molecule has 2 heteroatoms. The maximum atomic E-state index is 4.50. The molecule has 2 aromatic rings. The largest absolute Gasteiger partial charge is 0.265 e. The Hall–Kier alpha value is -2.22. The number of aromatic nitrogens is 2. The van der Waals surface area contributed by atoms with Crippen molar-refractivity contribution in [3.8, 4) is 11.3 Å². The molecule has 0 amide bonds. The van der Waals surface area contributed by atoms with E-state index in [1.165, 1.54) is 12.8 Å². The number of allylic oxidation sites excluding steroid dienone is 3. The molecular formula is C19H22N2. The quantitative estimate of drug-likeness (QED) is 0.508. The van der Waals surface area contributed by atoms with Crippen LogP contribution in [-0.2, 0) is 0 Å². The third kappa shape index (κ3) is 5.35. The van der Waals surface area contributed by atoms with Crippen molar-refractivity contribution < 1.29 is 0 Å². The van der Waals surface area contributed by atoms with Gasteiger partial charge in [0.15, 0.2) is 0 Å². The molecule has 2 heterocycles. The average Bonchev–Trinajstić information content (AvgIpc) is 2.55. The van der Waals surface area contributed by atoms with Crippen molar-refractivity contribution in [2.45, 2.75) is 32.6 Å². The summed E-state index contributed by atoms with van der Waals surface area (Å²) in [6.45, 7) is 2.20. The second-order valence-electron chi connectivity index (χ2n) is 4.95. The third-order valence-corrected chi connectivity index (χ3v) is 3.19. The number of nitrogens with zero attached hydrogens (tertiary/aromatic N) is 2. The molecule has 0 aliphatic rings. The van der Waals surface area contributed by atoms with Gasteiger partial charge < -0.3 is 0 Å². The molecule has 0 saturated carbocycles. The minimum Gasteiger partial charge on any atom is -0.265 e. The Bertz CT molecular complexity index is 568. The molecular weight excluding hydrogens is 256 g/mol. The SMILES string of the molecule is CCCC=CCCC=Cc1ccc(-c2ccncc2)nc1. The molecule has 0 atom stereocenters. The first-order valence-electron chi connectivity index (χ1n) is 7.58. The molecule has 0 radical (unpaired) electrons. The molecule has 108 valence electrons. The predicted molar refractivity (Wildman–Crippen MR) is 89.8 cm³/mol. The van der Waals surface area contributed by atoms with Crippen LogP contribution >= 0.6 is 0 Å². The lowest BCUT2D eigenvalue weighted by atomic mass is 10.1. The van der Waals surface area contributed by atoms with Crippen molar-refractivity contribution in [3.05, 3.63) is 66.6 Å². The van der Waals surface area contributed by atoms with Crippen molar-refractivity contribution in [1.29, 1.82) is 0 Å². The van der Waals surface area contributed by atoms with Crippen LogP contribution in [0.1, 0.15) is 38.2 Å². The maximum Gasteiger partial charge on any atom is 0.0703 e. The van der Waals surface area contributed by atoms with Gasteiger partial charge in [0.25, 0.3) is 0 Å². The molecule has 0 saturated heterocycles. The first kappa shape index (κ1) is 15.2. The molecule has 2 nitrogen and oxygen atoms in total. The van der Waals surface area contributed by atoms with E-state index < -0.39 is 0 Å². The van der Waals surface area contributed by atoms with Crippen LogP contribution in [0, 0.1) is 0 Å². The van der Waals surface area contributed by atoms with Crippen molar-refractivity contribution in [2.24, 2.45) is 0 Å². The van der Waals surface area contributed by atoms with Crippen LogP contribution in [0.5, 0.6) is 0 Å². The summed E-state index contributed by atoms with van der Waals surface area (Å²) >= 11 is 0. The van der Waals surface area contributed by atoms with E-state index in [0.717, 1.165) is 29.7 Å². The zero-order chi connectivity index (χ0) is 14.8. The highest BCUT2D eigenvalue weighted by Gasteiger charge is 1.97. The van der Waals surface area contributed by atoms with Crippen LogP contribution in [0.25, 0.3) is 17.3 Å². The number of rotatable bonds is 7. The molecule has 0 aliphatic heterocycles. The second-order valence-corrected chi connectivity index (χ2v) is 4.95. The number of unbranched alkanes of at least 4 members (excludes halogenated alkanes) is 2. The molecule has 0 aliphatic carbocycles. The highest BCUT2D eigenvalue weighted by Crippen LogP contribution is 2.16. The van der Waals surface area contributed by atoms with E-state index in [2.05, 4.69) is 53.3 Å². The van der Waals surface area contributed by atoms with Gasteiger partial charge in [-0.3, -0.25) is 9.97 Å². The summed E-state index contributed by atoms with van der Waals surface area (Å²) < 4.78 is 0. The number of pyridine rings is 2. The van der Waals surface area contributed by atoms with Crippen molar-refractivity contribution in [2.75, 3.05) is 0 Å². The van der Waals surface area contributed by atoms with Gasteiger partial charge in [-0.2, -0.15) is 0 Å². The lowest BCUT2D eigenvalue weighted by Gasteiger charge is -2.00. The van der Waals surface area contributed by atoms with Crippen molar-refractivity contribution >= 4 is 6.08 Å². The standard InChI is InChI=1S/C19H22N2/c1-2-3-4-5-6-7-8-9-17-10-11-19(21-16-17)18-12-14-20-15-13-18/h4-5,8-16H,2-3,6-7H2,1H3. The Morgan fingerprint density at radius 3 is 2.38 bits per heavy atom. The summed E-state index contributed by atoms with van der Waals surface area (Å²) in [6.07, 6.45) is 19.0. The van der Waals surface area contributed by atoms with Crippen molar-refractivity contribution in [3.63, 3.8) is 0 Å². The van der Waals surface area contributed by atoms with Crippen molar-refractivity contribution in [1.82, 2.24) is 9.97 Å². The first-order chi connectivity index (χ1) is 10.4. The summed E-state index contributed by atoms with van der Waals surface area (Å²) in [6, 6.07) is 8.10. The van der Waals surface area contributed by atoms with E-state index >= 15 is 0 Å². The Morgan fingerprint density at radius 2 is 1.67 bits per heavy atom. The minimum atomic E-state index is 0.983. The fourth-order valence-electron chi connectivity index (χ4n) is 2.01. The number of hydrogen-bond acceptors (Lipinski definition) is 2. The van der Waals surface area contributed by atoms with Gasteiger partial charge >= 0.3 is 0 Å². The van der Waals surface area contributed by atoms with Gasteiger partial charge in [0.2, 0.25) is 0 Å². The Morgan fingerprint density at radius 1 is 0.905 bits per heavy atom. The maximum absolute atomic E-state index is 4.50. The first-order valence-corrected chi connectivity index (χ1v) is 7.58. The van der Waals surface area contributed by atoms with E-state index in [0.29, 0.717) is 0 Å². The Labute approximate surface area is 127 Å². The lowest BCUT2D eigenvalue weighted by molar-refractivity contribution is 0.944. The molecule has 2 rings (SSSR count). The second kappa shape index (κ2) is 8.85. The van der Waals surface area contributed by atoms with Gasteiger partial charge in [-0.05, 0) is 43.0 Å². The monoisotopic (exact) mass is 278 g/mol. The summed E-state index contributed by atoms with van der Waals surface area (Å²) in [7, 11) is 0. The van der Waals surface area contributed by atoms with Crippen LogP contribution in [0.3, 0.4) is 0 Å². The Balaban J connectivity index is 1.85. The van der Waals surface area contributed by atoms with Gasteiger partial charge in [-0.1, -0.05) is 43.7 Å². The highest BCUT2D eigenvalue weighted by atomic mass is 14.7. The zero-order valence-electron chi connectivity index (χ0n) is 12.6. The molecule has 0 N–H and O–H groups in total. The molecule has 2 aromatic heterocycles. The van der Waals surface area contributed by atoms with Crippen LogP contribution in [-0.4, -0.2) is 9.97 Å². The van der Waals surface area contributed by atoms with E-state index in [-0.39, 0.29) is 0 Å². The van der Waals surface area contributed by atoms with Gasteiger partial charge in [-0.25, -0.2) is 0 Å². The summed E-state index contributed by atoms with van der Waals surface area (Å²) in [5, 5.41) is 0. The smallest absolute Gasteiger partial charge is 0.0703 e. The van der Waals surface area contributed by atoms with Gasteiger partial charge in [0.1, 0.15) is 0 Å². The molecule has 0 aromatic carbocycles. The molecule has 0 bridgehead atoms. The topological polar surface area (TPSA) is 25.8 Å². The predicted octanol–water partition coefficient (Wildman–Crippen LogP) is 5.29. The third-order valence-electron chi connectivity index (χ3n) is 3.19. The van der Waals surface area contributed by atoms with Crippen LogP contribution in [0.4, 0.5) is 0 Å². The average molecular weight is 278 g/mol. The molecule has 21 heavy (non-hydrogen) atoms. The highest BCUT2D eigenvalue weighted by molar-refractivity contribution is 5.60. The van der Waals surface area contributed by atoms with Gasteiger partial charge in [0, 0.05) is 24.2 Å². The van der Waals surface area contributed by atoms with Crippen LogP contribution in [0.15, 0.2) is 61.1 Å². The normalized spacial score (nSPS) is 11.5. The molecule has 0 fully saturated rings. The van der Waals surface area contributed by atoms with E-state index in [1.807, 2.05) is 18.3 Å². The van der Waals surface area contributed by atoms with Gasteiger partial charge in [0.05, 0.1) is 5.69 Å². The Kier molecular flexibility index (Phi) is 6.40. The van der Waals surface area contributed by atoms with E-state index in [1.54, 1.807) is 12.4 Å². The lowest BCUT2D eigenvalue weighted by Crippen LogP contribution is -1.84. The summed E-state index contributed by atoms with van der Waals surface area (Å²) in [5.41, 5.74) is 3.23. The molecule has 0 unspecified atom stereocenters. The van der Waals surface area contributed by atoms with Gasteiger partial charge in [-0.15, -0.1) is 0 Å². The van der Waals surface area contributed by atoms with Crippen LogP contribution < -0.4 is 0 Å². The van der Waals surface area contributed by atoms with E-state index in [4.69, 9.17) is 0 Å². The minimum absolute atomic E-state index is 0.983. The number of hydrogen-bond donors (Lipinski definition) is 0. The molecule has 0 spiro atoms. The van der Waals surface area contributed by atoms with E-state index in [9.17, 15) is 0 Å². The summed E-state index contributed by atoms with van der Waals surface area (Å²) in [5.74, 6) is 0. The fraction of sp³-hybridized carbons (Fsp3) is 0.263. The summed E-state index contributed by atoms with van der Waals surface area (Å²) in [4.78, 5) is 8.52. The fourth-order valence-corrected chi connectivity index (χ4v) is 2.01. The zero-order valence-corrected chi connectivity index (χ0v) is 12.6.